The van der Waals surface area contributed by atoms with Crippen molar-refractivity contribution in [2.45, 2.75) is 23.7 Å². The molecule has 8 heteroatoms. The Hall–Kier alpha value is -2.42. The number of rotatable bonds is 9. The molecule has 1 fully saturated rings. The van der Waals surface area contributed by atoms with Crippen molar-refractivity contribution >= 4 is 15.9 Å². The molecule has 29 heavy (non-hydrogen) atoms. The number of hydrogen-bond donors (Lipinski definition) is 2. The number of nitrogens with two attached hydrogens (primary N) is 1. The summed E-state index contributed by atoms with van der Waals surface area (Å²) in [6.45, 7) is 2.70. The van der Waals surface area contributed by atoms with Crippen molar-refractivity contribution in [3.8, 4) is 5.75 Å². The lowest BCUT2D eigenvalue weighted by atomic mass is 9.91. The molecule has 0 saturated carbocycles. The van der Waals surface area contributed by atoms with Crippen LogP contribution >= 0.6 is 0 Å². The van der Waals surface area contributed by atoms with Crippen LogP contribution in [0.15, 0.2) is 59.5 Å². The average Bonchev–Trinajstić information content (AvgIpc) is 2.73. The van der Waals surface area contributed by atoms with Crippen molar-refractivity contribution in [1.82, 2.24) is 9.62 Å². The number of ether oxygens (including phenoxy) is 1. The lowest BCUT2D eigenvalue weighted by molar-refractivity contribution is -0.119. The molecule has 0 bridgehead atoms. The van der Waals surface area contributed by atoms with Crippen LogP contribution in [-0.2, 0) is 14.8 Å². The van der Waals surface area contributed by atoms with E-state index in [0.29, 0.717) is 24.8 Å². The Bertz CT molecular complexity index is 901. The maximum atomic E-state index is 12.5. The van der Waals surface area contributed by atoms with Crippen molar-refractivity contribution < 1.29 is 17.9 Å². The van der Waals surface area contributed by atoms with Crippen LogP contribution in [0, 0.1) is 0 Å². The molecule has 0 spiro atoms. The quantitative estimate of drug-likeness (QED) is 0.647. The van der Waals surface area contributed by atoms with Gasteiger partial charge in [0.05, 0.1) is 4.90 Å². The molecule has 0 aromatic heterocycles. The Morgan fingerprint density at radius 1 is 1.14 bits per heavy atom. The number of amides is 1. The Balaban J connectivity index is 1.49. The molecule has 156 valence electrons. The minimum atomic E-state index is -3.60. The summed E-state index contributed by atoms with van der Waals surface area (Å²) in [7, 11) is -3.60. The molecule has 1 unspecified atom stereocenters. The van der Waals surface area contributed by atoms with Crippen LogP contribution < -0.4 is 15.2 Å². The van der Waals surface area contributed by atoms with Gasteiger partial charge in [-0.25, -0.2) is 13.1 Å². The van der Waals surface area contributed by atoms with E-state index < -0.39 is 15.9 Å². The molecule has 1 aliphatic rings. The summed E-state index contributed by atoms with van der Waals surface area (Å²) in [5, 5.41) is 0. The van der Waals surface area contributed by atoms with E-state index in [9.17, 15) is 13.2 Å². The lowest BCUT2D eigenvalue weighted by Gasteiger charge is -2.33. The maximum Gasteiger partial charge on any atom is 0.255 e. The zero-order chi connectivity index (χ0) is 20.7. The van der Waals surface area contributed by atoms with Gasteiger partial charge in [0.15, 0.2) is 6.61 Å². The standard InChI is InChI=1S/C21H27N3O4S/c22-21(25)16-28-19-8-10-20(11-9-19)29(26,27)23-12-14-24-13-4-7-18(15-24)17-5-2-1-3-6-17/h1-3,5-6,8-11,18,23H,4,7,12-16H2,(H2,22,25). The molecule has 2 aromatic carbocycles. The predicted molar refractivity (Wildman–Crippen MR) is 111 cm³/mol. The van der Waals surface area contributed by atoms with Crippen LogP contribution in [-0.4, -0.2) is 52.0 Å². The Morgan fingerprint density at radius 2 is 1.86 bits per heavy atom. The molecule has 1 atom stereocenters. The molecule has 1 aliphatic heterocycles. The fourth-order valence-electron chi connectivity index (χ4n) is 3.55. The van der Waals surface area contributed by atoms with Gasteiger partial charge in [0.1, 0.15) is 5.75 Å². The number of nitrogens with zero attached hydrogens (tertiary/aromatic N) is 1. The third-order valence-electron chi connectivity index (χ3n) is 5.01. The summed E-state index contributed by atoms with van der Waals surface area (Å²) < 4.78 is 32.8. The minimum absolute atomic E-state index is 0.157. The van der Waals surface area contributed by atoms with E-state index in [2.05, 4.69) is 33.9 Å². The summed E-state index contributed by atoms with van der Waals surface area (Å²) in [6, 6.07) is 16.4. The monoisotopic (exact) mass is 417 g/mol. The zero-order valence-corrected chi connectivity index (χ0v) is 17.1. The summed E-state index contributed by atoms with van der Waals surface area (Å²) in [6.07, 6.45) is 2.27. The number of nitrogens with one attached hydrogen (secondary N) is 1. The van der Waals surface area contributed by atoms with Crippen LogP contribution in [0.1, 0.15) is 24.3 Å². The third-order valence-corrected chi connectivity index (χ3v) is 6.49. The summed E-state index contributed by atoms with van der Waals surface area (Å²) in [5.74, 6) is 0.299. The summed E-state index contributed by atoms with van der Waals surface area (Å²) >= 11 is 0. The zero-order valence-electron chi connectivity index (χ0n) is 16.3. The van der Waals surface area contributed by atoms with E-state index in [0.717, 1.165) is 25.9 Å². The Morgan fingerprint density at radius 3 is 2.55 bits per heavy atom. The average molecular weight is 418 g/mol. The first-order valence-electron chi connectivity index (χ1n) is 9.72. The van der Waals surface area contributed by atoms with Crippen LogP contribution in [0.4, 0.5) is 0 Å². The van der Waals surface area contributed by atoms with Gasteiger partial charge in [0.2, 0.25) is 10.0 Å². The fourth-order valence-corrected chi connectivity index (χ4v) is 4.57. The number of hydrogen-bond acceptors (Lipinski definition) is 5. The SMILES string of the molecule is NC(=O)COc1ccc(S(=O)(=O)NCCN2CCCC(c3ccccc3)C2)cc1. The topological polar surface area (TPSA) is 102 Å². The molecule has 2 aromatic rings. The van der Waals surface area contributed by atoms with Crippen LogP contribution in [0.25, 0.3) is 0 Å². The van der Waals surface area contributed by atoms with E-state index >= 15 is 0 Å². The number of primary amides is 1. The number of benzene rings is 2. The number of sulfonamides is 1. The lowest BCUT2D eigenvalue weighted by Crippen LogP contribution is -2.40. The largest absolute Gasteiger partial charge is 0.484 e. The second kappa shape index (κ2) is 9.87. The van der Waals surface area contributed by atoms with Gasteiger partial charge < -0.3 is 15.4 Å². The molecule has 1 heterocycles. The molecule has 1 amide bonds. The van der Waals surface area contributed by atoms with E-state index in [-0.39, 0.29) is 11.5 Å². The normalized spacial score (nSPS) is 17.7. The van der Waals surface area contributed by atoms with Gasteiger partial charge in [-0.2, -0.15) is 0 Å². The highest BCUT2D eigenvalue weighted by Gasteiger charge is 2.21. The second-order valence-electron chi connectivity index (χ2n) is 7.17. The van der Waals surface area contributed by atoms with Crippen LogP contribution in [0.2, 0.25) is 0 Å². The Labute approximate surface area is 171 Å². The number of piperidine rings is 1. The molecule has 1 saturated heterocycles. The smallest absolute Gasteiger partial charge is 0.255 e. The van der Waals surface area contributed by atoms with Crippen molar-refractivity contribution in [3.63, 3.8) is 0 Å². The Kier molecular flexibility index (Phi) is 7.24. The van der Waals surface area contributed by atoms with Gasteiger partial charge in [0.25, 0.3) is 5.91 Å². The highest BCUT2D eigenvalue weighted by atomic mass is 32.2. The number of carbonyl (C=O) groups is 1. The van der Waals surface area contributed by atoms with Crippen molar-refractivity contribution in [3.05, 3.63) is 60.2 Å². The van der Waals surface area contributed by atoms with Crippen molar-refractivity contribution in [2.75, 3.05) is 32.8 Å². The predicted octanol–water partition coefficient (Wildman–Crippen LogP) is 1.71. The van der Waals surface area contributed by atoms with Crippen molar-refractivity contribution in [1.29, 1.82) is 0 Å². The first-order valence-corrected chi connectivity index (χ1v) is 11.2. The number of carbonyl (C=O) groups excluding carboxylic acids is 1. The van der Waals surface area contributed by atoms with Gasteiger partial charge in [-0.05, 0) is 55.1 Å². The van der Waals surface area contributed by atoms with Gasteiger partial charge in [-0.3, -0.25) is 4.79 Å². The highest BCUT2D eigenvalue weighted by molar-refractivity contribution is 7.89. The van der Waals surface area contributed by atoms with E-state index in [1.165, 1.54) is 29.8 Å². The first kappa shape index (κ1) is 21.3. The molecule has 0 aliphatic carbocycles. The molecule has 7 nitrogen and oxygen atoms in total. The maximum absolute atomic E-state index is 12.5. The van der Waals surface area contributed by atoms with E-state index in [4.69, 9.17) is 10.5 Å². The van der Waals surface area contributed by atoms with Crippen LogP contribution in [0.3, 0.4) is 0 Å². The summed E-state index contributed by atoms with van der Waals surface area (Å²) in [4.78, 5) is 13.2. The van der Waals surface area contributed by atoms with Gasteiger partial charge in [-0.1, -0.05) is 30.3 Å². The second-order valence-corrected chi connectivity index (χ2v) is 8.94. The van der Waals surface area contributed by atoms with Crippen LogP contribution in [0.5, 0.6) is 5.75 Å². The minimum Gasteiger partial charge on any atom is -0.484 e. The molecule has 3 rings (SSSR count). The molecule has 0 radical (unpaired) electrons. The fraction of sp³-hybridized carbons (Fsp3) is 0.381. The number of likely N-dealkylation sites (tertiary alicyclic amines) is 1. The molecular formula is C21H27N3O4S. The van der Waals surface area contributed by atoms with E-state index in [1.54, 1.807) is 0 Å². The van der Waals surface area contributed by atoms with Crippen molar-refractivity contribution in [2.24, 2.45) is 5.73 Å². The van der Waals surface area contributed by atoms with E-state index in [1.807, 2.05) is 6.07 Å². The molecular weight excluding hydrogens is 390 g/mol. The summed E-state index contributed by atoms with van der Waals surface area (Å²) in [5.41, 5.74) is 6.37. The first-order chi connectivity index (χ1) is 13.9. The van der Waals surface area contributed by atoms with Gasteiger partial charge in [-0.15, -0.1) is 0 Å². The van der Waals surface area contributed by atoms with Gasteiger partial charge in [0, 0.05) is 19.6 Å². The third kappa shape index (κ3) is 6.28. The molecule has 3 N–H and O–H groups in total. The van der Waals surface area contributed by atoms with Gasteiger partial charge >= 0.3 is 0 Å². The highest BCUT2D eigenvalue weighted by Crippen LogP contribution is 2.26.